The second kappa shape index (κ2) is 7.41. The largest absolute Gasteiger partial charge is 0.290 e. The Kier molecular flexibility index (Phi) is 5.03. The highest BCUT2D eigenvalue weighted by atomic mass is 16.2. The lowest BCUT2D eigenvalue weighted by Gasteiger charge is -2.12. The van der Waals surface area contributed by atoms with Crippen molar-refractivity contribution in [1.82, 2.24) is 20.6 Å². The van der Waals surface area contributed by atoms with E-state index in [1.165, 1.54) is 4.68 Å². The molecule has 0 saturated heterocycles. The van der Waals surface area contributed by atoms with E-state index in [1.807, 2.05) is 26.0 Å². The van der Waals surface area contributed by atoms with Gasteiger partial charge in [0.2, 0.25) is 0 Å². The van der Waals surface area contributed by atoms with Crippen molar-refractivity contribution in [2.24, 2.45) is 0 Å². The van der Waals surface area contributed by atoms with Crippen LogP contribution in [0.1, 0.15) is 38.9 Å². The molecule has 0 aliphatic carbocycles. The first-order valence-electron chi connectivity index (χ1n) is 8.60. The molecule has 0 fully saturated rings. The smallest absolute Gasteiger partial charge is 0.267 e. The topological polar surface area (TPSA) is 93.1 Å². The van der Waals surface area contributed by atoms with Gasteiger partial charge >= 0.3 is 0 Å². The van der Waals surface area contributed by atoms with Gasteiger partial charge in [0.1, 0.15) is 0 Å². The Morgan fingerprint density at radius 2 is 1.67 bits per heavy atom. The Morgan fingerprint density at radius 3 is 2.33 bits per heavy atom. The van der Waals surface area contributed by atoms with Crippen LogP contribution < -0.4 is 16.4 Å². The lowest BCUT2D eigenvalue weighted by molar-refractivity contribution is 0.0843. The molecular formula is C20H20N4O3. The van der Waals surface area contributed by atoms with E-state index in [-0.39, 0.29) is 11.3 Å². The number of hydrogen-bond acceptors (Lipinski definition) is 4. The minimum absolute atomic E-state index is 0.0768. The molecule has 3 rings (SSSR count). The molecule has 1 heterocycles. The lowest BCUT2D eigenvalue weighted by Crippen LogP contribution is -2.43. The van der Waals surface area contributed by atoms with Crippen LogP contribution in [0.25, 0.3) is 10.8 Å². The molecule has 3 aromatic rings. The standard InChI is InChI=1S/C20H20N4O3/c1-4-24-20(27)16-8-6-5-7-15(16)17(23-24)19(26)22-21-18(25)14-10-9-12(2)11-13(14)3/h5-11H,4H2,1-3H3,(H,21,25)(H,22,26). The third-order valence-electron chi connectivity index (χ3n) is 4.30. The van der Waals surface area contributed by atoms with Crippen molar-refractivity contribution in [1.29, 1.82) is 0 Å². The Morgan fingerprint density at radius 1 is 1.00 bits per heavy atom. The highest BCUT2D eigenvalue weighted by Crippen LogP contribution is 2.13. The highest BCUT2D eigenvalue weighted by Gasteiger charge is 2.17. The SMILES string of the molecule is CCn1nc(C(=O)NNC(=O)c2ccc(C)cc2C)c2ccccc2c1=O. The number of nitrogens with zero attached hydrogens (tertiary/aromatic N) is 2. The maximum atomic E-state index is 12.6. The minimum Gasteiger partial charge on any atom is -0.267 e. The summed E-state index contributed by atoms with van der Waals surface area (Å²) < 4.78 is 1.23. The molecule has 2 aromatic carbocycles. The van der Waals surface area contributed by atoms with Gasteiger partial charge in [0.25, 0.3) is 17.4 Å². The summed E-state index contributed by atoms with van der Waals surface area (Å²) in [4.78, 5) is 37.3. The molecule has 0 aliphatic rings. The number of aromatic nitrogens is 2. The van der Waals surface area contributed by atoms with Gasteiger partial charge in [-0.15, -0.1) is 0 Å². The van der Waals surface area contributed by atoms with Crippen molar-refractivity contribution in [3.05, 3.63) is 75.2 Å². The number of nitrogens with one attached hydrogen (secondary N) is 2. The molecule has 7 heteroatoms. The predicted molar refractivity (Wildman–Crippen MR) is 103 cm³/mol. The Hall–Kier alpha value is -3.48. The Balaban J connectivity index is 1.87. The van der Waals surface area contributed by atoms with Crippen LogP contribution >= 0.6 is 0 Å². The first-order valence-corrected chi connectivity index (χ1v) is 8.60. The molecule has 27 heavy (non-hydrogen) atoms. The second-order valence-electron chi connectivity index (χ2n) is 6.24. The molecule has 0 radical (unpaired) electrons. The Bertz CT molecular complexity index is 1100. The Labute approximate surface area is 156 Å². The number of carbonyl (C=O) groups is 2. The summed E-state index contributed by atoms with van der Waals surface area (Å²) in [6.45, 7) is 5.87. The van der Waals surface area contributed by atoms with Crippen LogP contribution in [0.3, 0.4) is 0 Å². The average Bonchev–Trinajstić information content (AvgIpc) is 2.66. The first-order chi connectivity index (χ1) is 12.9. The molecule has 2 N–H and O–H groups in total. The summed E-state index contributed by atoms with van der Waals surface area (Å²) >= 11 is 0. The summed E-state index contributed by atoms with van der Waals surface area (Å²) in [5.41, 5.74) is 6.94. The fraction of sp³-hybridized carbons (Fsp3) is 0.200. The van der Waals surface area contributed by atoms with Crippen LogP contribution in [-0.2, 0) is 6.54 Å². The first kappa shape index (κ1) is 18.3. The highest BCUT2D eigenvalue weighted by molar-refractivity contribution is 6.06. The van der Waals surface area contributed by atoms with Gasteiger partial charge in [0, 0.05) is 17.5 Å². The summed E-state index contributed by atoms with van der Waals surface area (Å²) in [5, 5.41) is 4.98. The van der Waals surface area contributed by atoms with Crippen molar-refractivity contribution in [3.8, 4) is 0 Å². The number of benzene rings is 2. The number of carbonyl (C=O) groups excluding carboxylic acids is 2. The van der Waals surface area contributed by atoms with Crippen molar-refractivity contribution in [2.75, 3.05) is 0 Å². The molecule has 0 spiro atoms. The number of hydrazine groups is 1. The van der Waals surface area contributed by atoms with Gasteiger partial charge in [-0.05, 0) is 38.5 Å². The van der Waals surface area contributed by atoms with Gasteiger partial charge in [-0.3, -0.25) is 25.2 Å². The number of rotatable bonds is 3. The molecule has 0 atom stereocenters. The van der Waals surface area contributed by atoms with E-state index in [9.17, 15) is 14.4 Å². The third kappa shape index (κ3) is 3.57. The minimum atomic E-state index is -0.591. The van der Waals surface area contributed by atoms with E-state index >= 15 is 0 Å². The average molecular weight is 364 g/mol. The summed E-state index contributed by atoms with van der Waals surface area (Å²) in [6.07, 6.45) is 0. The molecule has 1 aromatic heterocycles. The fourth-order valence-electron chi connectivity index (χ4n) is 2.93. The second-order valence-corrected chi connectivity index (χ2v) is 6.24. The van der Waals surface area contributed by atoms with E-state index in [1.54, 1.807) is 37.3 Å². The monoisotopic (exact) mass is 364 g/mol. The van der Waals surface area contributed by atoms with Gasteiger partial charge in [-0.25, -0.2) is 4.68 Å². The van der Waals surface area contributed by atoms with E-state index in [4.69, 9.17) is 0 Å². The van der Waals surface area contributed by atoms with Crippen LogP contribution in [0.5, 0.6) is 0 Å². The van der Waals surface area contributed by atoms with E-state index in [2.05, 4.69) is 16.0 Å². The predicted octanol–water partition coefficient (Wildman–Crippen LogP) is 2.11. The maximum absolute atomic E-state index is 12.6. The number of amides is 2. The molecule has 2 amide bonds. The molecule has 0 unspecified atom stereocenters. The van der Waals surface area contributed by atoms with Crippen LogP contribution in [0.2, 0.25) is 0 Å². The van der Waals surface area contributed by atoms with Crippen molar-refractivity contribution in [3.63, 3.8) is 0 Å². The maximum Gasteiger partial charge on any atom is 0.290 e. The van der Waals surface area contributed by atoms with Gasteiger partial charge in [0.15, 0.2) is 5.69 Å². The molecule has 138 valence electrons. The van der Waals surface area contributed by atoms with Crippen LogP contribution in [0.15, 0.2) is 47.3 Å². The normalized spacial score (nSPS) is 10.6. The van der Waals surface area contributed by atoms with Gasteiger partial charge < -0.3 is 0 Å². The quantitative estimate of drug-likeness (QED) is 0.696. The van der Waals surface area contributed by atoms with Crippen molar-refractivity contribution >= 4 is 22.6 Å². The van der Waals surface area contributed by atoms with Crippen LogP contribution in [0, 0.1) is 13.8 Å². The zero-order valence-electron chi connectivity index (χ0n) is 15.4. The zero-order chi connectivity index (χ0) is 19.6. The van der Waals surface area contributed by atoms with Gasteiger partial charge in [-0.2, -0.15) is 5.10 Å². The molecule has 0 saturated carbocycles. The van der Waals surface area contributed by atoms with Crippen LogP contribution in [0.4, 0.5) is 0 Å². The summed E-state index contributed by atoms with van der Waals surface area (Å²) in [7, 11) is 0. The molecule has 0 bridgehead atoms. The zero-order valence-corrected chi connectivity index (χ0v) is 15.4. The summed E-state index contributed by atoms with van der Waals surface area (Å²) in [5.74, 6) is -1.01. The van der Waals surface area contributed by atoms with E-state index in [0.29, 0.717) is 22.9 Å². The van der Waals surface area contributed by atoms with E-state index in [0.717, 1.165) is 11.1 Å². The molecule has 7 nitrogen and oxygen atoms in total. The van der Waals surface area contributed by atoms with Gasteiger partial charge in [0.05, 0.1) is 5.39 Å². The summed E-state index contributed by atoms with van der Waals surface area (Å²) in [6, 6.07) is 12.2. The molecular weight excluding hydrogens is 344 g/mol. The number of hydrogen-bond donors (Lipinski definition) is 2. The lowest BCUT2D eigenvalue weighted by atomic mass is 10.1. The molecule has 0 aliphatic heterocycles. The number of fused-ring (bicyclic) bond motifs is 1. The van der Waals surface area contributed by atoms with Crippen molar-refractivity contribution in [2.45, 2.75) is 27.3 Å². The van der Waals surface area contributed by atoms with Gasteiger partial charge in [-0.1, -0.05) is 35.9 Å². The van der Waals surface area contributed by atoms with Crippen molar-refractivity contribution < 1.29 is 9.59 Å². The van der Waals surface area contributed by atoms with E-state index < -0.39 is 11.8 Å². The van der Waals surface area contributed by atoms with Crippen LogP contribution in [-0.4, -0.2) is 21.6 Å². The fourth-order valence-corrected chi connectivity index (χ4v) is 2.93. The third-order valence-corrected chi connectivity index (χ3v) is 4.30. The number of aryl methyl sites for hydroxylation is 3.